The van der Waals surface area contributed by atoms with Crippen molar-refractivity contribution in [1.82, 2.24) is 10.1 Å². The summed E-state index contributed by atoms with van der Waals surface area (Å²) in [6, 6.07) is 14.1. The third-order valence-electron chi connectivity index (χ3n) is 4.66. The number of guanidine groups is 1. The third kappa shape index (κ3) is 4.38. The SMILES string of the molecule is COc1ccc2ccccc2c1-c1cc(CN=C(N)N2CCSCC2)on1.I. The topological polar surface area (TPSA) is 76.9 Å². The van der Waals surface area contributed by atoms with Crippen molar-refractivity contribution in [1.29, 1.82) is 0 Å². The van der Waals surface area contributed by atoms with Crippen LogP contribution in [0.4, 0.5) is 0 Å². The van der Waals surface area contributed by atoms with Gasteiger partial charge in [-0.05, 0) is 16.8 Å². The molecule has 2 heterocycles. The summed E-state index contributed by atoms with van der Waals surface area (Å²) in [5, 5.41) is 6.46. The lowest BCUT2D eigenvalue weighted by atomic mass is 10.0. The minimum atomic E-state index is 0. The number of methoxy groups -OCH3 is 1. The number of hydrogen-bond acceptors (Lipinski definition) is 5. The van der Waals surface area contributed by atoms with Gasteiger partial charge in [-0.15, -0.1) is 24.0 Å². The van der Waals surface area contributed by atoms with E-state index in [0.29, 0.717) is 18.3 Å². The van der Waals surface area contributed by atoms with Gasteiger partial charge in [0.15, 0.2) is 11.7 Å². The summed E-state index contributed by atoms with van der Waals surface area (Å²) >= 11 is 1.94. The monoisotopic (exact) mass is 510 g/mol. The van der Waals surface area contributed by atoms with Gasteiger partial charge < -0.3 is 19.9 Å². The Balaban J connectivity index is 0.00000225. The van der Waals surface area contributed by atoms with Crippen molar-refractivity contribution in [2.24, 2.45) is 10.7 Å². The first-order chi connectivity index (χ1) is 13.3. The van der Waals surface area contributed by atoms with Gasteiger partial charge in [0.25, 0.3) is 0 Å². The van der Waals surface area contributed by atoms with Gasteiger partial charge in [-0.3, -0.25) is 0 Å². The molecule has 1 saturated heterocycles. The van der Waals surface area contributed by atoms with E-state index in [-0.39, 0.29) is 24.0 Å². The number of rotatable bonds is 4. The average molecular weight is 510 g/mol. The molecule has 0 atom stereocenters. The fourth-order valence-corrected chi connectivity index (χ4v) is 4.15. The summed E-state index contributed by atoms with van der Waals surface area (Å²) in [5.74, 6) is 4.18. The summed E-state index contributed by atoms with van der Waals surface area (Å²) in [4.78, 5) is 6.59. The Hall–Kier alpha value is -1.94. The molecule has 28 heavy (non-hydrogen) atoms. The third-order valence-corrected chi connectivity index (χ3v) is 5.60. The maximum Gasteiger partial charge on any atom is 0.191 e. The molecule has 0 bridgehead atoms. The molecule has 0 saturated carbocycles. The fraction of sp³-hybridized carbons (Fsp3) is 0.300. The minimum Gasteiger partial charge on any atom is -0.496 e. The van der Waals surface area contributed by atoms with Crippen LogP contribution in [-0.2, 0) is 6.54 Å². The van der Waals surface area contributed by atoms with E-state index in [9.17, 15) is 0 Å². The lowest BCUT2D eigenvalue weighted by Crippen LogP contribution is -2.42. The highest BCUT2D eigenvalue weighted by Gasteiger charge is 2.16. The molecule has 0 aliphatic carbocycles. The van der Waals surface area contributed by atoms with Gasteiger partial charge in [-0.25, -0.2) is 4.99 Å². The molecule has 1 aliphatic rings. The number of aromatic nitrogens is 1. The van der Waals surface area contributed by atoms with Gasteiger partial charge in [-0.1, -0.05) is 35.5 Å². The maximum absolute atomic E-state index is 6.12. The second-order valence-electron chi connectivity index (χ2n) is 6.32. The molecule has 8 heteroatoms. The van der Waals surface area contributed by atoms with Crippen molar-refractivity contribution in [2.45, 2.75) is 6.54 Å². The van der Waals surface area contributed by atoms with Crippen molar-refractivity contribution in [2.75, 3.05) is 31.7 Å². The number of hydrogen-bond donors (Lipinski definition) is 1. The smallest absolute Gasteiger partial charge is 0.191 e. The van der Waals surface area contributed by atoms with Crippen LogP contribution >= 0.6 is 35.7 Å². The molecular weight excluding hydrogens is 487 g/mol. The minimum absolute atomic E-state index is 0. The normalized spacial score (nSPS) is 14.8. The molecule has 0 unspecified atom stereocenters. The Morgan fingerprint density at radius 2 is 2.04 bits per heavy atom. The number of nitrogens with two attached hydrogens (primary N) is 1. The number of nitrogens with zero attached hydrogens (tertiary/aromatic N) is 3. The molecule has 1 fully saturated rings. The zero-order valence-corrected chi connectivity index (χ0v) is 18.8. The highest BCUT2D eigenvalue weighted by atomic mass is 127. The predicted molar refractivity (Wildman–Crippen MR) is 126 cm³/mol. The Bertz CT molecular complexity index is 970. The van der Waals surface area contributed by atoms with Crippen LogP contribution in [-0.4, -0.2) is 47.7 Å². The predicted octanol–water partition coefficient (Wildman–Crippen LogP) is 3.98. The summed E-state index contributed by atoms with van der Waals surface area (Å²) in [6.07, 6.45) is 0. The highest BCUT2D eigenvalue weighted by Crippen LogP contribution is 2.36. The van der Waals surface area contributed by atoms with E-state index in [1.165, 1.54) is 0 Å². The number of benzene rings is 2. The molecular formula is C20H23IN4O2S. The lowest BCUT2D eigenvalue weighted by molar-refractivity contribution is 0.384. The lowest BCUT2D eigenvalue weighted by Gasteiger charge is -2.27. The van der Waals surface area contributed by atoms with E-state index < -0.39 is 0 Å². The van der Waals surface area contributed by atoms with Crippen molar-refractivity contribution in [3.05, 3.63) is 48.2 Å². The zero-order chi connectivity index (χ0) is 18.6. The molecule has 6 nitrogen and oxygen atoms in total. The molecule has 2 N–H and O–H groups in total. The van der Waals surface area contributed by atoms with Crippen molar-refractivity contribution < 1.29 is 9.26 Å². The number of halogens is 1. The van der Waals surface area contributed by atoms with E-state index >= 15 is 0 Å². The fourth-order valence-electron chi connectivity index (χ4n) is 3.24. The largest absolute Gasteiger partial charge is 0.496 e. The number of fused-ring (bicyclic) bond motifs is 1. The second-order valence-corrected chi connectivity index (χ2v) is 7.54. The molecule has 0 radical (unpaired) electrons. The Morgan fingerprint density at radius 3 is 2.82 bits per heavy atom. The van der Waals surface area contributed by atoms with Crippen LogP contribution in [0.5, 0.6) is 5.75 Å². The maximum atomic E-state index is 6.12. The Labute approximate surface area is 185 Å². The van der Waals surface area contributed by atoms with E-state index in [1.54, 1.807) is 7.11 Å². The molecule has 0 spiro atoms. The quantitative estimate of drug-likeness (QED) is 0.325. The first-order valence-electron chi connectivity index (χ1n) is 8.90. The van der Waals surface area contributed by atoms with Gasteiger partial charge in [0.05, 0.1) is 12.7 Å². The van der Waals surface area contributed by atoms with E-state index in [0.717, 1.165) is 52.4 Å². The molecule has 4 rings (SSSR count). The summed E-state index contributed by atoms with van der Waals surface area (Å²) in [5.41, 5.74) is 7.78. The van der Waals surface area contributed by atoms with Gasteiger partial charge in [0.2, 0.25) is 0 Å². The summed E-state index contributed by atoms with van der Waals surface area (Å²) < 4.78 is 11.1. The highest BCUT2D eigenvalue weighted by molar-refractivity contribution is 14.0. The molecule has 0 amide bonds. The Kier molecular flexibility index (Phi) is 7.06. The molecule has 1 aliphatic heterocycles. The average Bonchev–Trinajstić information content (AvgIpc) is 3.20. The number of aliphatic imine (C=N–C) groups is 1. The van der Waals surface area contributed by atoms with Crippen LogP contribution in [0.3, 0.4) is 0 Å². The summed E-state index contributed by atoms with van der Waals surface area (Å²) in [6.45, 7) is 2.25. The number of thioether (sulfide) groups is 1. The van der Waals surface area contributed by atoms with Crippen LogP contribution in [0.2, 0.25) is 0 Å². The standard InChI is InChI=1S/C20H22N4O2S.HI/c1-25-18-7-6-14-4-2-3-5-16(14)19(18)17-12-15(26-23-17)13-22-20(21)24-8-10-27-11-9-24;/h2-7,12H,8-11,13H2,1H3,(H2,21,22);1H. The number of ether oxygens (including phenoxy) is 1. The Morgan fingerprint density at radius 1 is 1.25 bits per heavy atom. The van der Waals surface area contributed by atoms with Crippen LogP contribution in [0.25, 0.3) is 22.0 Å². The first-order valence-corrected chi connectivity index (χ1v) is 10.1. The molecule has 1 aromatic heterocycles. The van der Waals surface area contributed by atoms with Gasteiger partial charge in [-0.2, -0.15) is 11.8 Å². The molecule has 3 aromatic rings. The van der Waals surface area contributed by atoms with Gasteiger partial charge in [0, 0.05) is 30.7 Å². The van der Waals surface area contributed by atoms with Crippen molar-refractivity contribution in [3.8, 4) is 17.0 Å². The van der Waals surface area contributed by atoms with Crippen LogP contribution in [0.1, 0.15) is 5.76 Å². The van der Waals surface area contributed by atoms with E-state index in [1.807, 2.05) is 42.1 Å². The molecule has 148 valence electrons. The van der Waals surface area contributed by atoms with Gasteiger partial charge >= 0.3 is 0 Å². The van der Waals surface area contributed by atoms with E-state index in [4.69, 9.17) is 15.0 Å². The molecule has 2 aromatic carbocycles. The van der Waals surface area contributed by atoms with Gasteiger partial charge in [0.1, 0.15) is 18.0 Å². The summed E-state index contributed by atoms with van der Waals surface area (Å²) in [7, 11) is 1.66. The van der Waals surface area contributed by atoms with Crippen molar-refractivity contribution >= 4 is 52.5 Å². The van der Waals surface area contributed by atoms with Crippen molar-refractivity contribution in [3.63, 3.8) is 0 Å². The van der Waals surface area contributed by atoms with Crippen LogP contribution in [0.15, 0.2) is 52.0 Å². The van der Waals surface area contributed by atoms with Crippen LogP contribution in [0, 0.1) is 0 Å². The second kappa shape index (κ2) is 9.51. The zero-order valence-electron chi connectivity index (χ0n) is 15.6. The first kappa shape index (κ1) is 20.8. The van der Waals surface area contributed by atoms with Crippen LogP contribution < -0.4 is 10.5 Å². The van der Waals surface area contributed by atoms with E-state index in [2.05, 4.69) is 27.2 Å².